The van der Waals surface area contributed by atoms with Crippen LogP contribution in [0.2, 0.25) is 0 Å². The Bertz CT molecular complexity index is 1710. The number of nitrogens with zero attached hydrogens (tertiary/aromatic N) is 4. The molecule has 0 spiro atoms. The van der Waals surface area contributed by atoms with Gasteiger partial charge in [0.1, 0.15) is 10.3 Å². The molecule has 0 fully saturated rings. The van der Waals surface area contributed by atoms with Crippen LogP contribution in [0.3, 0.4) is 0 Å². The molecule has 0 saturated carbocycles. The molecule has 1 aliphatic rings. The largest absolute Gasteiger partial charge is 0.303 e. The van der Waals surface area contributed by atoms with Gasteiger partial charge in [0.15, 0.2) is 5.82 Å². The predicted octanol–water partition coefficient (Wildman–Crippen LogP) is 3.73. The molecule has 0 unspecified atom stereocenters. The van der Waals surface area contributed by atoms with Crippen molar-refractivity contribution in [3.8, 4) is 11.4 Å². The number of hydrogen-bond acceptors (Lipinski definition) is 5. The van der Waals surface area contributed by atoms with E-state index in [1.54, 1.807) is 17.0 Å². The van der Waals surface area contributed by atoms with Crippen LogP contribution in [0, 0.1) is 12.7 Å². The quantitative estimate of drug-likeness (QED) is 0.405. The van der Waals surface area contributed by atoms with Gasteiger partial charge in [-0.15, -0.1) is 5.10 Å². The molecule has 8 heteroatoms. The van der Waals surface area contributed by atoms with Crippen LogP contribution in [-0.2, 0) is 11.3 Å². The average molecular weight is 469 g/mol. The van der Waals surface area contributed by atoms with Gasteiger partial charge in [-0.1, -0.05) is 65.9 Å². The molecule has 0 saturated heterocycles. The molecule has 0 aliphatic carbocycles. The highest BCUT2D eigenvalue weighted by Crippen LogP contribution is 2.36. The van der Waals surface area contributed by atoms with E-state index in [1.807, 2.05) is 55.5 Å². The fourth-order valence-corrected chi connectivity index (χ4v) is 5.25. The fraction of sp³-hybridized carbons (Fsp3) is 0.0769. The zero-order chi connectivity index (χ0) is 23.4. The number of hydrogen-bond donors (Lipinski definition) is 0. The normalized spacial score (nSPS) is 14.8. The summed E-state index contributed by atoms with van der Waals surface area (Å²) in [6.07, 6.45) is 0. The number of halogens is 1. The predicted molar refractivity (Wildman–Crippen MR) is 129 cm³/mol. The van der Waals surface area contributed by atoms with Gasteiger partial charge in [-0.3, -0.25) is 9.59 Å². The smallest absolute Gasteiger partial charge is 0.291 e. The van der Waals surface area contributed by atoms with E-state index in [-0.39, 0.29) is 23.8 Å². The number of benzene rings is 3. The van der Waals surface area contributed by atoms with Gasteiger partial charge in [-0.05, 0) is 36.2 Å². The molecule has 6 rings (SSSR count). The second-order valence-electron chi connectivity index (χ2n) is 8.09. The molecule has 3 heterocycles. The number of carbonyl (C=O) groups is 1. The Balaban J connectivity index is 1.50. The summed E-state index contributed by atoms with van der Waals surface area (Å²) in [5, 5.41) is 4.44. The number of thiazole rings is 1. The van der Waals surface area contributed by atoms with Crippen LogP contribution in [0.5, 0.6) is 0 Å². The molecule has 1 aliphatic heterocycles. The molecular formula is C26H17FN4O2S. The molecule has 0 N–H and O–H groups in total. The van der Waals surface area contributed by atoms with E-state index in [1.165, 1.54) is 16.6 Å². The van der Waals surface area contributed by atoms with Gasteiger partial charge >= 0.3 is 0 Å². The highest BCUT2D eigenvalue weighted by atomic mass is 32.1. The molecule has 6 nitrogen and oxygen atoms in total. The summed E-state index contributed by atoms with van der Waals surface area (Å²) in [5.74, 6) is -0.125. The molecule has 0 bridgehead atoms. The molecule has 2 aromatic heterocycles. The van der Waals surface area contributed by atoms with Crippen molar-refractivity contribution in [1.29, 1.82) is 0 Å². The number of aryl methyl sites for hydroxylation is 1. The van der Waals surface area contributed by atoms with Crippen molar-refractivity contribution in [2.75, 3.05) is 4.90 Å². The van der Waals surface area contributed by atoms with Gasteiger partial charge in [-0.25, -0.2) is 4.39 Å². The summed E-state index contributed by atoms with van der Waals surface area (Å²) < 4.78 is 14.9. The summed E-state index contributed by atoms with van der Waals surface area (Å²) in [6.45, 7) is 2.24. The highest BCUT2D eigenvalue weighted by Gasteiger charge is 2.34. The number of amides is 1. The number of aromatic nitrogens is 3. The van der Waals surface area contributed by atoms with Crippen molar-refractivity contribution < 1.29 is 9.18 Å². The minimum Gasteiger partial charge on any atom is -0.303 e. The Morgan fingerprint density at radius 2 is 1.62 bits per heavy atom. The lowest BCUT2D eigenvalue weighted by Crippen LogP contribution is -2.32. The zero-order valence-electron chi connectivity index (χ0n) is 18.0. The van der Waals surface area contributed by atoms with Crippen molar-refractivity contribution >= 4 is 33.5 Å². The summed E-state index contributed by atoms with van der Waals surface area (Å²) >= 11 is 1.16. The molecule has 0 atom stereocenters. The van der Waals surface area contributed by atoms with Gasteiger partial charge in [-0.2, -0.15) is 9.50 Å². The minimum atomic E-state index is -0.367. The van der Waals surface area contributed by atoms with Crippen molar-refractivity contribution in [2.24, 2.45) is 0 Å². The number of anilines is 1. The van der Waals surface area contributed by atoms with E-state index < -0.39 is 0 Å². The van der Waals surface area contributed by atoms with Crippen LogP contribution >= 0.6 is 11.3 Å². The van der Waals surface area contributed by atoms with Crippen LogP contribution in [0.1, 0.15) is 16.7 Å². The van der Waals surface area contributed by atoms with Crippen LogP contribution in [-0.4, -0.2) is 20.5 Å². The van der Waals surface area contributed by atoms with E-state index in [0.29, 0.717) is 32.1 Å². The molecule has 5 aromatic rings. The monoisotopic (exact) mass is 468 g/mol. The van der Waals surface area contributed by atoms with Crippen molar-refractivity contribution in [3.63, 3.8) is 0 Å². The van der Waals surface area contributed by atoms with Crippen molar-refractivity contribution in [3.05, 3.63) is 110 Å². The first-order valence-corrected chi connectivity index (χ1v) is 11.5. The number of rotatable bonds is 3. The first-order valence-electron chi connectivity index (χ1n) is 10.7. The third kappa shape index (κ3) is 3.14. The first-order chi connectivity index (χ1) is 16.5. The fourth-order valence-electron chi connectivity index (χ4n) is 4.25. The van der Waals surface area contributed by atoms with E-state index in [0.717, 1.165) is 28.0 Å². The Labute approximate surface area is 197 Å². The molecule has 3 aromatic carbocycles. The summed E-state index contributed by atoms with van der Waals surface area (Å²) in [4.78, 5) is 33.5. The Morgan fingerprint density at radius 3 is 2.35 bits per heavy atom. The van der Waals surface area contributed by atoms with Crippen LogP contribution in [0.4, 0.5) is 10.1 Å². The third-order valence-corrected chi connectivity index (χ3v) is 6.98. The summed E-state index contributed by atoms with van der Waals surface area (Å²) in [6, 6.07) is 21.1. The Morgan fingerprint density at radius 1 is 0.912 bits per heavy atom. The maximum Gasteiger partial charge on any atom is 0.291 e. The topological polar surface area (TPSA) is 67.6 Å². The lowest BCUT2D eigenvalue weighted by molar-refractivity contribution is -0.113. The molecule has 0 radical (unpaired) electrons. The maximum absolute atomic E-state index is 13.6. The van der Waals surface area contributed by atoms with Crippen molar-refractivity contribution in [1.82, 2.24) is 14.6 Å². The van der Waals surface area contributed by atoms with Gasteiger partial charge in [0.05, 0.1) is 17.8 Å². The van der Waals surface area contributed by atoms with Crippen LogP contribution in [0.15, 0.2) is 77.6 Å². The summed E-state index contributed by atoms with van der Waals surface area (Å²) in [5.41, 5.74) is 4.05. The molecule has 34 heavy (non-hydrogen) atoms. The number of para-hydroxylation sites is 1. The van der Waals surface area contributed by atoms with Crippen molar-refractivity contribution in [2.45, 2.75) is 13.5 Å². The van der Waals surface area contributed by atoms with E-state index in [2.05, 4.69) is 10.1 Å². The standard InChI is InChI=1S/C26H17FN4O2S/c1-15-6-2-3-7-18(15)23-28-26-31(29-23)25(33)22(34-26)21-19-8-4-5-9-20(19)30(24(21)32)14-16-10-12-17(27)13-11-16/h2-13H,14H2,1H3/b22-21-. The van der Waals surface area contributed by atoms with E-state index in [9.17, 15) is 14.0 Å². The average Bonchev–Trinajstić information content (AvgIpc) is 3.47. The first kappa shape index (κ1) is 20.4. The van der Waals surface area contributed by atoms with Crippen LogP contribution < -0.4 is 15.0 Å². The van der Waals surface area contributed by atoms with E-state index >= 15 is 0 Å². The van der Waals surface area contributed by atoms with Gasteiger partial charge in [0, 0.05) is 11.1 Å². The Hall–Kier alpha value is -4.17. The van der Waals surface area contributed by atoms with Crippen LogP contribution in [0.25, 0.3) is 21.9 Å². The minimum absolute atomic E-state index is 0.270. The highest BCUT2D eigenvalue weighted by molar-refractivity contribution is 7.15. The number of carbonyl (C=O) groups excluding carboxylic acids is 1. The second kappa shape index (κ2) is 7.71. The van der Waals surface area contributed by atoms with E-state index in [4.69, 9.17) is 0 Å². The zero-order valence-corrected chi connectivity index (χ0v) is 18.8. The molecular weight excluding hydrogens is 451 g/mol. The Kier molecular flexibility index (Phi) is 4.63. The molecule has 166 valence electrons. The lowest BCUT2D eigenvalue weighted by Gasteiger charge is -2.17. The maximum atomic E-state index is 13.6. The van der Waals surface area contributed by atoms with Gasteiger partial charge < -0.3 is 4.90 Å². The lowest BCUT2D eigenvalue weighted by atomic mass is 10.1. The number of fused-ring (bicyclic) bond motifs is 2. The SMILES string of the molecule is Cc1ccccc1-c1nc2s/c(=C3\C(=O)N(Cc4ccc(F)cc4)c4ccccc43)c(=O)n2n1. The van der Waals surface area contributed by atoms with Gasteiger partial charge in [0.25, 0.3) is 11.5 Å². The second-order valence-corrected chi connectivity index (χ2v) is 9.07. The molecule has 1 amide bonds. The summed E-state index contributed by atoms with van der Waals surface area (Å²) in [7, 11) is 0. The van der Waals surface area contributed by atoms with Gasteiger partial charge in [0.2, 0.25) is 4.96 Å². The third-order valence-electron chi connectivity index (χ3n) is 5.95.